The Hall–Kier alpha value is -2.80. The molecule has 0 aliphatic carbocycles. The molecule has 7 nitrogen and oxygen atoms in total. The number of anilines is 1. The largest absolute Gasteiger partial charge is 0.317 e. The number of hydrogen-bond acceptors (Lipinski definition) is 5. The molecule has 0 unspecified atom stereocenters. The first-order valence-corrected chi connectivity index (χ1v) is 8.47. The maximum Gasteiger partial charge on any atom is 0.228 e. The first kappa shape index (κ1) is 15.7. The second-order valence-electron chi connectivity index (χ2n) is 6.42. The van der Waals surface area contributed by atoms with E-state index in [9.17, 15) is 4.79 Å². The van der Waals surface area contributed by atoms with Crippen molar-refractivity contribution in [3.05, 3.63) is 36.7 Å². The first-order valence-electron chi connectivity index (χ1n) is 8.47. The van der Waals surface area contributed by atoms with Gasteiger partial charge in [0.25, 0.3) is 0 Å². The minimum Gasteiger partial charge on any atom is -0.317 e. The van der Waals surface area contributed by atoms with Gasteiger partial charge in [-0.15, -0.1) is 5.10 Å². The zero-order valence-electron chi connectivity index (χ0n) is 14.1. The summed E-state index contributed by atoms with van der Waals surface area (Å²) in [5.41, 5.74) is 1.81. The number of rotatable bonds is 3. The van der Waals surface area contributed by atoms with E-state index in [0.717, 1.165) is 48.0 Å². The molecule has 4 rings (SSSR count). The average Bonchev–Trinajstić information content (AvgIpc) is 3.08. The molecule has 0 saturated carbocycles. The maximum absolute atomic E-state index is 12.4. The predicted octanol–water partition coefficient (Wildman–Crippen LogP) is 1.97. The molecule has 1 fully saturated rings. The molecule has 0 spiro atoms. The molecule has 1 aliphatic heterocycles. The zero-order chi connectivity index (χ0) is 17.2. The van der Waals surface area contributed by atoms with Crippen molar-refractivity contribution in [3.63, 3.8) is 0 Å². The number of amides is 1. The van der Waals surface area contributed by atoms with Crippen molar-refractivity contribution in [1.29, 1.82) is 0 Å². The van der Waals surface area contributed by atoms with Gasteiger partial charge in [0.2, 0.25) is 5.91 Å². The zero-order valence-corrected chi connectivity index (χ0v) is 14.1. The number of fused-ring (bicyclic) bond motifs is 1. The fourth-order valence-electron chi connectivity index (χ4n) is 3.16. The number of aromatic nitrogens is 4. The Morgan fingerprint density at radius 1 is 1.24 bits per heavy atom. The van der Waals surface area contributed by atoms with Crippen LogP contribution in [0.15, 0.2) is 36.7 Å². The van der Waals surface area contributed by atoms with Crippen LogP contribution in [0.1, 0.15) is 12.8 Å². The van der Waals surface area contributed by atoms with Crippen molar-refractivity contribution in [3.8, 4) is 11.3 Å². The number of benzene rings is 1. The highest BCUT2D eigenvalue weighted by Crippen LogP contribution is 2.24. The first-order chi connectivity index (χ1) is 12.2. The van der Waals surface area contributed by atoms with E-state index < -0.39 is 0 Å². The van der Waals surface area contributed by atoms with Gasteiger partial charge in [0.05, 0.1) is 6.20 Å². The van der Waals surface area contributed by atoms with E-state index >= 15 is 0 Å². The van der Waals surface area contributed by atoms with E-state index in [0.29, 0.717) is 5.82 Å². The summed E-state index contributed by atoms with van der Waals surface area (Å²) in [4.78, 5) is 16.8. The third-order valence-corrected chi connectivity index (χ3v) is 4.58. The molecule has 7 heteroatoms. The van der Waals surface area contributed by atoms with E-state index in [1.807, 2.05) is 37.5 Å². The molecular formula is C18H20N6O. The van der Waals surface area contributed by atoms with Gasteiger partial charge in [0.15, 0.2) is 0 Å². The summed E-state index contributed by atoms with van der Waals surface area (Å²) in [7, 11) is 1.84. The third kappa shape index (κ3) is 3.36. The Morgan fingerprint density at radius 2 is 2.08 bits per heavy atom. The fraction of sp³-hybridized carbons (Fsp3) is 0.333. The summed E-state index contributed by atoms with van der Waals surface area (Å²) in [6.07, 6.45) is 5.41. The van der Waals surface area contributed by atoms with Gasteiger partial charge < -0.3 is 10.6 Å². The van der Waals surface area contributed by atoms with Crippen molar-refractivity contribution in [1.82, 2.24) is 25.3 Å². The van der Waals surface area contributed by atoms with E-state index in [4.69, 9.17) is 0 Å². The summed E-state index contributed by atoms with van der Waals surface area (Å²) in [5, 5.41) is 16.4. The summed E-state index contributed by atoms with van der Waals surface area (Å²) in [5.74, 6) is 0.704. The predicted molar refractivity (Wildman–Crippen MR) is 96.0 cm³/mol. The quantitative estimate of drug-likeness (QED) is 0.764. The molecular weight excluding hydrogens is 316 g/mol. The monoisotopic (exact) mass is 336 g/mol. The van der Waals surface area contributed by atoms with E-state index in [1.54, 1.807) is 10.9 Å². The molecule has 0 radical (unpaired) electrons. The molecule has 1 amide bonds. The van der Waals surface area contributed by atoms with Crippen molar-refractivity contribution >= 4 is 22.5 Å². The highest BCUT2D eigenvalue weighted by molar-refractivity contribution is 5.95. The number of piperidine rings is 1. The van der Waals surface area contributed by atoms with Crippen LogP contribution in [0.5, 0.6) is 0 Å². The van der Waals surface area contributed by atoms with Crippen molar-refractivity contribution < 1.29 is 4.79 Å². The lowest BCUT2D eigenvalue weighted by molar-refractivity contribution is -0.120. The smallest absolute Gasteiger partial charge is 0.228 e. The fourth-order valence-corrected chi connectivity index (χ4v) is 3.16. The van der Waals surface area contributed by atoms with Crippen LogP contribution in [0.25, 0.3) is 22.0 Å². The number of nitrogens with one attached hydrogen (secondary N) is 2. The van der Waals surface area contributed by atoms with E-state index in [1.165, 1.54) is 0 Å². The van der Waals surface area contributed by atoms with Crippen LogP contribution in [0.3, 0.4) is 0 Å². The van der Waals surface area contributed by atoms with Crippen molar-refractivity contribution in [2.75, 3.05) is 18.4 Å². The van der Waals surface area contributed by atoms with Crippen LogP contribution in [-0.2, 0) is 11.8 Å². The second kappa shape index (κ2) is 6.60. The minimum absolute atomic E-state index is 0.0541. The Kier molecular flexibility index (Phi) is 4.15. The average molecular weight is 336 g/mol. The normalized spacial score (nSPS) is 15.4. The van der Waals surface area contributed by atoms with E-state index in [2.05, 4.69) is 25.9 Å². The number of carbonyl (C=O) groups is 1. The molecule has 1 aromatic carbocycles. The summed E-state index contributed by atoms with van der Waals surface area (Å²) in [6.45, 7) is 1.79. The van der Waals surface area contributed by atoms with Crippen LogP contribution in [0.4, 0.5) is 5.82 Å². The molecule has 2 aromatic heterocycles. The summed E-state index contributed by atoms with van der Waals surface area (Å²) in [6, 6.07) is 7.96. The van der Waals surface area contributed by atoms with Crippen LogP contribution < -0.4 is 10.6 Å². The highest BCUT2D eigenvalue weighted by Gasteiger charge is 2.21. The molecule has 0 bridgehead atoms. The molecule has 1 aliphatic rings. The third-order valence-electron chi connectivity index (χ3n) is 4.58. The van der Waals surface area contributed by atoms with Gasteiger partial charge in [-0.1, -0.05) is 17.3 Å². The second-order valence-corrected chi connectivity index (χ2v) is 6.42. The van der Waals surface area contributed by atoms with Crippen molar-refractivity contribution in [2.24, 2.45) is 13.0 Å². The molecule has 3 aromatic rings. The van der Waals surface area contributed by atoms with Gasteiger partial charge in [-0.3, -0.25) is 9.48 Å². The summed E-state index contributed by atoms with van der Waals surface area (Å²) >= 11 is 0. The molecule has 1 saturated heterocycles. The highest BCUT2D eigenvalue weighted by atomic mass is 16.1. The molecule has 25 heavy (non-hydrogen) atoms. The Labute approximate surface area is 145 Å². The number of pyridine rings is 1. The standard InChI is InChI=1S/C18H20N6O/c1-24-11-16(22-23-24)13-2-3-14-10-20-17(9-15(14)8-13)21-18(25)12-4-6-19-7-5-12/h2-3,8-12,19H,4-7H2,1H3,(H,20,21,25). The lowest BCUT2D eigenvalue weighted by Gasteiger charge is -2.21. The van der Waals surface area contributed by atoms with Gasteiger partial charge in [-0.2, -0.15) is 0 Å². The van der Waals surface area contributed by atoms with Gasteiger partial charge >= 0.3 is 0 Å². The van der Waals surface area contributed by atoms with Gasteiger partial charge in [0.1, 0.15) is 11.5 Å². The number of hydrogen-bond donors (Lipinski definition) is 2. The molecule has 128 valence electrons. The number of aryl methyl sites for hydroxylation is 1. The minimum atomic E-state index is 0.0541. The topological polar surface area (TPSA) is 84.7 Å². The lowest BCUT2D eigenvalue weighted by atomic mass is 9.97. The number of nitrogens with zero attached hydrogens (tertiary/aromatic N) is 4. The molecule has 3 heterocycles. The summed E-state index contributed by atoms with van der Waals surface area (Å²) < 4.78 is 1.68. The SMILES string of the molecule is Cn1cc(-c2ccc3cnc(NC(=O)C4CCNCC4)cc3c2)nn1. The Bertz CT molecular complexity index is 913. The van der Waals surface area contributed by atoms with E-state index in [-0.39, 0.29) is 11.8 Å². The van der Waals surface area contributed by atoms with Gasteiger partial charge in [-0.05, 0) is 43.5 Å². The maximum atomic E-state index is 12.4. The Balaban J connectivity index is 1.59. The number of carbonyl (C=O) groups excluding carboxylic acids is 1. The lowest BCUT2D eigenvalue weighted by Crippen LogP contribution is -2.34. The van der Waals surface area contributed by atoms with Gasteiger partial charge in [0, 0.05) is 30.1 Å². The van der Waals surface area contributed by atoms with Crippen LogP contribution in [0.2, 0.25) is 0 Å². The van der Waals surface area contributed by atoms with Crippen LogP contribution in [0, 0.1) is 5.92 Å². The molecule has 2 N–H and O–H groups in total. The Morgan fingerprint density at radius 3 is 2.84 bits per heavy atom. The van der Waals surface area contributed by atoms with Gasteiger partial charge in [-0.25, -0.2) is 4.98 Å². The van der Waals surface area contributed by atoms with Crippen LogP contribution >= 0.6 is 0 Å². The van der Waals surface area contributed by atoms with Crippen LogP contribution in [-0.4, -0.2) is 39.0 Å². The van der Waals surface area contributed by atoms with Crippen molar-refractivity contribution in [2.45, 2.75) is 12.8 Å². The molecule has 0 atom stereocenters.